The van der Waals surface area contributed by atoms with E-state index in [-0.39, 0.29) is 12.4 Å². The Balaban J connectivity index is 1.75. The maximum atomic E-state index is 11.4. The lowest BCUT2D eigenvalue weighted by atomic mass is 10.1. The Morgan fingerprint density at radius 1 is 1.28 bits per heavy atom. The van der Waals surface area contributed by atoms with Crippen molar-refractivity contribution in [2.45, 2.75) is 19.8 Å². The number of rotatable bonds is 7. The van der Waals surface area contributed by atoms with Gasteiger partial charge in [-0.05, 0) is 18.6 Å². The first-order chi connectivity index (χ1) is 8.81. The molecule has 4 heteroatoms. The number of Topliss-reactive ketones (excluding diaryl/α,β-unsaturated/α-hetero) is 1. The minimum atomic E-state index is 0.0273. The fraction of sp³-hybridized carbons (Fsp3) is 0.500. The molecule has 1 aliphatic heterocycles. The molecule has 0 atom stereocenters. The summed E-state index contributed by atoms with van der Waals surface area (Å²) in [5.74, 6) is 1.35. The van der Waals surface area contributed by atoms with Gasteiger partial charge in [-0.3, -0.25) is 4.79 Å². The minimum absolute atomic E-state index is 0.0273. The van der Waals surface area contributed by atoms with E-state index in [9.17, 15) is 4.79 Å². The molecule has 0 radical (unpaired) electrons. The Kier molecular flexibility index (Phi) is 4.59. The summed E-state index contributed by atoms with van der Waals surface area (Å²) in [6.07, 6.45) is 2.21. The second kappa shape index (κ2) is 6.40. The van der Waals surface area contributed by atoms with Crippen LogP contribution in [0.1, 0.15) is 30.1 Å². The number of hydrogen-bond donors (Lipinski definition) is 0. The van der Waals surface area contributed by atoms with Gasteiger partial charge >= 0.3 is 0 Å². The summed E-state index contributed by atoms with van der Waals surface area (Å²) in [7, 11) is 0. The molecule has 4 nitrogen and oxygen atoms in total. The molecule has 0 amide bonds. The fourth-order valence-corrected chi connectivity index (χ4v) is 1.73. The third kappa shape index (κ3) is 3.23. The van der Waals surface area contributed by atoms with Gasteiger partial charge in [-0.25, -0.2) is 0 Å². The number of hydrogen-bond acceptors (Lipinski definition) is 4. The van der Waals surface area contributed by atoms with Crippen LogP contribution in [0.25, 0.3) is 0 Å². The van der Waals surface area contributed by atoms with Crippen molar-refractivity contribution in [2.75, 3.05) is 26.4 Å². The van der Waals surface area contributed by atoms with Crippen molar-refractivity contribution < 1.29 is 19.0 Å². The van der Waals surface area contributed by atoms with Crippen LogP contribution < -0.4 is 9.47 Å². The maximum Gasteiger partial charge on any atom is 0.203 e. The molecule has 2 rings (SSSR count). The molecule has 0 N–H and O–H groups in total. The van der Waals surface area contributed by atoms with E-state index in [0.717, 1.165) is 19.4 Å². The standard InChI is InChI=1S/C14H18O4/c1-2-3-6-16-7-8-17-11-4-5-12-13(15)10-18-14(12)9-11/h4-5,9H,2-3,6-8,10H2,1H3. The normalized spacial score (nSPS) is 13.3. The van der Waals surface area contributed by atoms with Crippen LogP contribution in [-0.4, -0.2) is 32.2 Å². The smallest absolute Gasteiger partial charge is 0.203 e. The van der Waals surface area contributed by atoms with Gasteiger partial charge in [0.05, 0.1) is 12.2 Å². The van der Waals surface area contributed by atoms with Crippen LogP contribution in [-0.2, 0) is 4.74 Å². The maximum absolute atomic E-state index is 11.4. The molecule has 98 valence electrons. The van der Waals surface area contributed by atoms with Crippen molar-refractivity contribution in [3.63, 3.8) is 0 Å². The monoisotopic (exact) mass is 250 g/mol. The summed E-state index contributed by atoms with van der Waals surface area (Å²) in [5, 5.41) is 0. The van der Waals surface area contributed by atoms with Gasteiger partial charge in [0.15, 0.2) is 6.61 Å². The fourth-order valence-electron chi connectivity index (χ4n) is 1.73. The van der Waals surface area contributed by atoms with Gasteiger partial charge < -0.3 is 14.2 Å². The topological polar surface area (TPSA) is 44.8 Å². The molecule has 18 heavy (non-hydrogen) atoms. The summed E-state index contributed by atoms with van der Waals surface area (Å²) in [6, 6.07) is 5.29. The zero-order valence-electron chi connectivity index (χ0n) is 10.6. The highest BCUT2D eigenvalue weighted by Gasteiger charge is 2.21. The Hall–Kier alpha value is -1.55. The van der Waals surface area contributed by atoms with Gasteiger partial charge in [0.25, 0.3) is 0 Å². The van der Waals surface area contributed by atoms with Crippen LogP contribution in [0.5, 0.6) is 11.5 Å². The number of unbranched alkanes of at least 4 members (excludes halogenated alkanes) is 1. The summed E-state index contributed by atoms with van der Waals surface area (Å²) in [4.78, 5) is 11.4. The molecular formula is C14H18O4. The summed E-state index contributed by atoms with van der Waals surface area (Å²) >= 11 is 0. The molecule has 1 aromatic rings. The highest BCUT2D eigenvalue weighted by molar-refractivity contribution is 6.02. The van der Waals surface area contributed by atoms with Gasteiger partial charge in [0.2, 0.25) is 5.78 Å². The van der Waals surface area contributed by atoms with E-state index in [0.29, 0.717) is 30.3 Å². The predicted molar refractivity (Wildman–Crippen MR) is 67.5 cm³/mol. The van der Waals surface area contributed by atoms with E-state index in [2.05, 4.69) is 6.92 Å². The van der Waals surface area contributed by atoms with Crippen molar-refractivity contribution in [3.8, 4) is 11.5 Å². The Labute approximate surface area is 107 Å². The second-order valence-corrected chi connectivity index (χ2v) is 4.18. The van der Waals surface area contributed by atoms with Crippen LogP contribution >= 0.6 is 0 Å². The first kappa shape index (κ1) is 12.9. The number of ketones is 1. The number of fused-ring (bicyclic) bond motifs is 1. The third-order valence-electron chi connectivity index (χ3n) is 2.75. The zero-order chi connectivity index (χ0) is 12.8. The lowest BCUT2D eigenvalue weighted by Gasteiger charge is -2.07. The Bertz CT molecular complexity index is 414. The van der Waals surface area contributed by atoms with Crippen LogP contribution in [0, 0.1) is 0 Å². The molecule has 0 fully saturated rings. The molecule has 0 aliphatic carbocycles. The molecule has 0 unspecified atom stereocenters. The van der Waals surface area contributed by atoms with E-state index in [4.69, 9.17) is 14.2 Å². The van der Waals surface area contributed by atoms with E-state index in [1.165, 1.54) is 0 Å². The average molecular weight is 250 g/mol. The van der Waals surface area contributed by atoms with Gasteiger partial charge in [0, 0.05) is 12.7 Å². The first-order valence-electron chi connectivity index (χ1n) is 6.32. The number of carbonyl (C=O) groups excluding carboxylic acids is 1. The molecule has 1 heterocycles. The lowest BCUT2D eigenvalue weighted by Crippen LogP contribution is -2.07. The van der Waals surface area contributed by atoms with E-state index in [1.807, 2.05) is 0 Å². The van der Waals surface area contributed by atoms with Gasteiger partial charge in [0.1, 0.15) is 18.1 Å². The van der Waals surface area contributed by atoms with Gasteiger partial charge in [-0.1, -0.05) is 13.3 Å². The van der Waals surface area contributed by atoms with Crippen molar-refractivity contribution in [1.82, 2.24) is 0 Å². The highest BCUT2D eigenvalue weighted by Crippen LogP contribution is 2.29. The molecule has 1 aromatic carbocycles. The summed E-state index contributed by atoms with van der Waals surface area (Å²) in [6.45, 7) is 4.14. The average Bonchev–Trinajstić information content (AvgIpc) is 2.75. The quantitative estimate of drug-likeness (QED) is 0.697. The Morgan fingerprint density at radius 3 is 3.00 bits per heavy atom. The van der Waals surface area contributed by atoms with E-state index < -0.39 is 0 Å². The molecule has 0 saturated heterocycles. The SMILES string of the molecule is CCCCOCCOc1ccc2c(c1)OCC2=O. The van der Waals surface area contributed by atoms with Crippen LogP contribution in [0.3, 0.4) is 0 Å². The Morgan fingerprint density at radius 2 is 2.17 bits per heavy atom. The molecule has 1 aliphatic rings. The summed E-state index contributed by atoms with van der Waals surface area (Å²) in [5.41, 5.74) is 0.640. The molecule has 0 bridgehead atoms. The number of carbonyl (C=O) groups is 1. The van der Waals surface area contributed by atoms with Crippen LogP contribution in [0.15, 0.2) is 18.2 Å². The molecule has 0 aromatic heterocycles. The largest absolute Gasteiger partial charge is 0.491 e. The molecule has 0 spiro atoms. The van der Waals surface area contributed by atoms with Crippen molar-refractivity contribution in [2.24, 2.45) is 0 Å². The van der Waals surface area contributed by atoms with E-state index >= 15 is 0 Å². The van der Waals surface area contributed by atoms with Crippen molar-refractivity contribution in [3.05, 3.63) is 23.8 Å². The second-order valence-electron chi connectivity index (χ2n) is 4.18. The van der Waals surface area contributed by atoms with Crippen molar-refractivity contribution >= 4 is 5.78 Å². The van der Waals surface area contributed by atoms with Crippen LogP contribution in [0.2, 0.25) is 0 Å². The van der Waals surface area contributed by atoms with Gasteiger partial charge in [-0.2, -0.15) is 0 Å². The predicted octanol–water partition coefficient (Wildman–Crippen LogP) is 2.46. The van der Waals surface area contributed by atoms with Crippen LogP contribution in [0.4, 0.5) is 0 Å². The van der Waals surface area contributed by atoms with Crippen molar-refractivity contribution in [1.29, 1.82) is 0 Å². The highest BCUT2D eigenvalue weighted by atomic mass is 16.5. The number of benzene rings is 1. The third-order valence-corrected chi connectivity index (χ3v) is 2.75. The lowest BCUT2D eigenvalue weighted by molar-refractivity contribution is 0.0961. The minimum Gasteiger partial charge on any atom is -0.491 e. The molecular weight excluding hydrogens is 232 g/mol. The summed E-state index contributed by atoms with van der Waals surface area (Å²) < 4.78 is 16.2. The van der Waals surface area contributed by atoms with Gasteiger partial charge in [-0.15, -0.1) is 0 Å². The first-order valence-corrected chi connectivity index (χ1v) is 6.32. The zero-order valence-corrected chi connectivity index (χ0v) is 10.6. The molecule has 0 saturated carbocycles. The van der Waals surface area contributed by atoms with E-state index in [1.54, 1.807) is 18.2 Å². The number of ether oxygens (including phenoxy) is 3.